The monoisotopic (exact) mass is 379 g/mol. The van der Waals surface area contributed by atoms with Gasteiger partial charge < -0.3 is 15.3 Å². The Morgan fingerprint density at radius 3 is 2.71 bits per heavy atom. The molecule has 1 atom stereocenters. The van der Waals surface area contributed by atoms with E-state index >= 15 is 0 Å². The zero-order valence-electron chi connectivity index (χ0n) is 16.0. The molecule has 6 heteroatoms. The van der Waals surface area contributed by atoms with E-state index in [9.17, 15) is 9.59 Å². The van der Waals surface area contributed by atoms with Crippen molar-refractivity contribution in [2.45, 2.75) is 31.8 Å². The summed E-state index contributed by atoms with van der Waals surface area (Å²) < 4.78 is 0. The molecule has 1 saturated heterocycles. The van der Waals surface area contributed by atoms with Gasteiger partial charge in [0.2, 0.25) is 0 Å². The second-order valence-electron chi connectivity index (χ2n) is 7.65. The molecule has 2 amide bonds. The summed E-state index contributed by atoms with van der Waals surface area (Å²) >= 11 is 0. The minimum Gasteiger partial charge on any atom is -0.481 e. The molecule has 28 heavy (non-hydrogen) atoms. The highest BCUT2D eigenvalue weighted by Crippen LogP contribution is 2.33. The highest BCUT2D eigenvalue weighted by atomic mass is 16.4. The highest BCUT2D eigenvalue weighted by Gasteiger charge is 2.33. The first-order chi connectivity index (χ1) is 13.5. The first-order valence-corrected chi connectivity index (χ1v) is 9.69. The number of nitrogens with zero attached hydrogens (tertiary/aromatic N) is 2. The van der Waals surface area contributed by atoms with Gasteiger partial charge in [-0.15, -0.1) is 0 Å². The lowest BCUT2D eigenvalue weighted by molar-refractivity contribution is -0.136. The first kappa shape index (κ1) is 18.5. The van der Waals surface area contributed by atoms with Gasteiger partial charge >= 0.3 is 12.0 Å². The Balaban J connectivity index is 1.56. The third kappa shape index (κ3) is 3.73. The number of carbonyl (C=O) groups excluding carboxylic acids is 1. The van der Waals surface area contributed by atoms with Gasteiger partial charge in [0.25, 0.3) is 0 Å². The van der Waals surface area contributed by atoms with Crippen LogP contribution >= 0.6 is 0 Å². The smallest absolute Gasteiger partial charge is 0.322 e. The molecule has 1 unspecified atom stereocenters. The summed E-state index contributed by atoms with van der Waals surface area (Å²) in [6.07, 6.45) is 1.64. The summed E-state index contributed by atoms with van der Waals surface area (Å²) in [4.78, 5) is 27.5. The van der Waals surface area contributed by atoms with Crippen molar-refractivity contribution in [3.8, 4) is 0 Å². The number of hydrogen-bond donors (Lipinski definition) is 2. The molecule has 0 aromatic heterocycles. The van der Waals surface area contributed by atoms with Crippen LogP contribution < -0.4 is 10.2 Å². The molecule has 2 heterocycles. The van der Waals surface area contributed by atoms with Crippen LogP contribution in [0.5, 0.6) is 0 Å². The highest BCUT2D eigenvalue weighted by molar-refractivity contribution is 5.95. The number of benzene rings is 2. The van der Waals surface area contributed by atoms with Crippen molar-refractivity contribution in [2.75, 3.05) is 25.0 Å². The Morgan fingerprint density at radius 1 is 1.18 bits per heavy atom. The number of amides is 2. The SMILES string of the molecule is CN1CCc2cc(N3C(=O)NCC3c3ccc(CCC(=O)O)cc3)ccc2C1. The Kier molecular flexibility index (Phi) is 5.05. The lowest BCUT2D eigenvalue weighted by atomic mass is 9.98. The van der Waals surface area contributed by atoms with Crippen molar-refractivity contribution in [3.63, 3.8) is 0 Å². The molecule has 2 aliphatic rings. The predicted molar refractivity (Wildman–Crippen MR) is 107 cm³/mol. The molecular weight excluding hydrogens is 354 g/mol. The van der Waals surface area contributed by atoms with Crippen molar-refractivity contribution in [1.82, 2.24) is 10.2 Å². The zero-order chi connectivity index (χ0) is 19.7. The van der Waals surface area contributed by atoms with Gasteiger partial charge in [0, 0.05) is 31.7 Å². The van der Waals surface area contributed by atoms with Crippen LogP contribution in [-0.2, 0) is 24.2 Å². The van der Waals surface area contributed by atoms with Crippen LogP contribution in [0.3, 0.4) is 0 Å². The minimum absolute atomic E-state index is 0.0645. The van der Waals surface area contributed by atoms with E-state index in [2.05, 4.69) is 29.4 Å². The van der Waals surface area contributed by atoms with E-state index in [1.54, 1.807) is 0 Å². The van der Waals surface area contributed by atoms with E-state index in [-0.39, 0.29) is 18.5 Å². The van der Waals surface area contributed by atoms with E-state index in [4.69, 9.17) is 5.11 Å². The van der Waals surface area contributed by atoms with Crippen molar-refractivity contribution >= 4 is 17.7 Å². The van der Waals surface area contributed by atoms with Gasteiger partial charge in [0.1, 0.15) is 0 Å². The van der Waals surface area contributed by atoms with Crippen molar-refractivity contribution < 1.29 is 14.7 Å². The lowest BCUT2D eigenvalue weighted by Gasteiger charge is -2.28. The van der Waals surface area contributed by atoms with Crippen molar-refractivity contribution in [2.24, 2.45) is 0 Å². The fourth-order valence-corrected chi connectivity index (χ4v) is 4.05. The van der Waals surface area contributed by atoms with Crippen LogP contribution in [0.25, 0.3) is 0 Å². The molecule has 0 saturated carbocycles. The average Bonchev–Trinajstić information content (AvgIpc) is 3.08. The summed E-state index contributed by atoms with van der Waals surface area (Å²) in [5, 5.41) is 11.8. The normalized spacial score (nSPS) is 19.4. The van der Waals surface area contributed by atoms with E-state index in [1.807, 2.05) is 35.2 Å². The largest absolute Gasteiger partial charge is 0.481 e. The Hall–Kier alpha value is -2.86. The van der Waals surface area contributed by atoms with Crippen LogP contribution in [0, 0.1) is 0 Å². The number of anilines is 1. The summed E-state index contributed by atoms with van der Waals surface area (Å²) in [5.74, 6) is -0.792. The Bertz CT molecular complexity index is 894. The molecular formula is C22H25N3O3. The molecule has 0 radical (unpaired) electrons. The summed E-state index contributed by atoms with van der Waals surface area (Å²) in [7, 11) is 2.13. The molecule has 4 rings (SSSR count). The number of nitrogens with one attached hydrogen (secondary N) is 1. The van der Waals surface area contributed by atoms with Crippen LogP contribution in [0.4, 0.5) is 10.5 Å². The maximum Gasteiger partial charge on any atom is 0.322 e. The van der Waals surface area contributed by atoms with Crippen LogP contribution in [0.15, 0.2) is 42.5 Å². The van der Waals surface area contributed by atoms with Crippen LogP contribution in [0.2, 0.25) is 0 Å². The maximum atomic E-state index is 12.6. The third-order valence-electron chi connectivity index (χ3n) is 5.64. The molecule has 146 valence electrons. The molecule has 6 nitrogen and oxygen atoms in total. The summed E-state index contributed by atoms with van der Waals surface area (Å²) in [5.41, 5.74) is 5.62. The summed E-state index contributed by atoms with van der Waals surface area (Å²) in [6.45, 7) is 2.54. The number of carbonyl (C=O) groups is 2. The van der Waals surface area contributed by atoms with Gasteiger partial charge in [0.05, 0.1) is 6.04 Å². The van der Waals surface area contributed by atoms with E-state index in [1.165, 1.54) is 11.1 Å². The van der Waals surface area contributed by atoms with Crippen LogP contribution in [0.1, 0.15) is 34.7 Å². The number of aliphatic carboxylic acids is 1. The molecule has 2 aliphatic heterocycles. The number of aryl methyl sites for hydroxylation is 1. The molecule has 1 fully saturated rings. The predicted octanol–water partition coefficient (Wildman–Crippen LogP) is 2.96. The van der Waals surface area contributed by atoms with Gasteiger partial charge in [-0.25, -0.2) is 4.79 Å². The Morgan fingerprint density at radius 2 is 1.96 bits per heavy atom. The number of hydrogen-bond acceptors (Lipinski definition) is 3. The topological polar surface area (TPSA) is 72.9 Å². The Labute approximate surface area is 164 Å². The van der Waals surface area contributed by atoms with Gasteiger partial charge in [-0.3, -0.25) is 9.69 Å². The second kappa shape index (κ2) is 7.64. The number of carboxylic acid groups (broad SMARTS) is 1. The van der Waals surface area contributed by atoms with E-state index in [0.29, 0.717) is 13.0 Å². The number of likely N-dealkylation sites (N-methyl/N-ethyl adjacent to an activating group) is 1. The van der Waals surface area contributed by atoms with E-state index in [0.717, 1.165) is 36.3 Å². The van der Waals surface area contributed by atoms with Gasteiger partial charge in [-0.05, 0) is 54.3 Å². The van der Waals surface area contributed by atoms with Crippen LogP contribution in [-0.4, -0.2) is 42.1 Å². The molecule has 2 aromatic carbocycles. The van der Waals surface area contributed by atoms with Gasteiger partial charge in [-0.2, -0.15) is 0 Å². The lowest BCUT2D eigenvalue weighted by Crippen LogP contribution is -2.31. The second-order valence-corrected chi connectivity index (χ2v) is 7.65. The maximum absolute atomic E-state index is 12.6. The van der Waals surface area contributed by atoms with Crippen molar-refractivity contribution in [1.29, 1.82) is 0 Å². The standard InChI is InChI=1S/C22H25N3O3/c1-24-11-10-17-12-19(8-7-18(17)14-24)25-20(13-23-22(25)28)16-5-2-15(3-6-16)4-9-21(26)27/h2-3,5-8,12,20H,4,9-11,13-14H2,1H3,(H,23,28)(H,26,27). The zero-order valence-corrected chi connectivity index (χ0v) is 16.0. The van der Waals surface area contributed by atoms with Crippen molar-refractivity contribution in [3.05, 3.63) is 64.7 Å². The number of rotatable bonds is 5. The molecule has 2 aromatic rings. The minimum atomic E-state index is -0.792. The molecule has 0 aliphatic carbocycles. The van der Waals surface area contributed by atoms with Gasteiger partial charge in [-0.1, -0.05) is 30.3 Å². The number of urea groups is 1. The molecule has 0 bridgehead atoms. The summed E-state index contributed by atoms with van der Waals surface area (Å²) in [6, 6.07) is 14.1. The van der Waals surface area contributed by atoms with Gasteiger partial charge in [0.15, 0.2) is 0 Å². The fraction of sp³-hybridized carbons (Fsp3) is 0.364. The molecule has 0 spiro atoms. The molecule has 2 N–H and O–H groups in total. The first-order valence-electron chi connectivity index (χ1n) is 9.69. The quantitative estimate of drug-likeness (QED) is 0.838. The fourth-order valence-electron chi connectivity index (χ4n) is 4.05. The third-order valence-corrected chi connectivity index (χ3v) is 5.64. The van der Waals surface area contributed by atoms with E-state index < -0.39 is 5.97 Å². The number of carboxylic acids is 1. The number of fused-ring (bicyclic) bond motifs is 1. The average molecular weight is 379 g/mol.